The number of nitrogens with zero attached hydrogens (tertiary/aromatic N) is 1. The van der Waals surface area contributed by atoms with Crippen LogP contribution in [0, 0.1) is 0 Å². The molecule has 0 saturated heterocycles. The van der Waals surface area contributed by atoms with E-state index in [4.69, 9.17) is 5.73 Å². The summed E-state index contributed by atoms with van der Waals surface area (Å²) in [5.41, 5.74) is 7.64. The zero-order valence-corrected chi connectivity index (χ0v) is 10.1. The van der Waals surface area contributed by atoms with Gasteiger partial charge < -0.3 is 11.1 Å². The van der Waals surface area contributed by atoms with E-state index in [2.05, 4.69) is 10.3 Å². The van der Waals surface area contributed by atoms with Crippen molar-refractivity contribution in [2.75, 3.05) is 5.73 Å². The second kappa shape index (κ2) is 5.31. The summed E-state index contributed by atoms with van der Waals surface area (Å²) in [5.74, 6) is -0.131. The minimum absolute atomic E-state index is 0.128. The Morgan fingerprint density at radius 1 is 1.22 bits per heavy atom. The number of nitrogens with two attached hydrogens (primary N) is 1. The van der Waals surface area contributed by atoms with Crippen LogP contribution in [0.5, 0.6) is 0 Å². The van der Waals surface area contributed by atoms with Gasteiger partial charge in [0, 0.05) is 17.4 Å². The van der Waals surface area contributed by atoms with E-state index in [1.807, 2.05) is 25.1 Å². The largest absolute Gasteiger partial charge is 0.399 e. The monoisotopic (exact) mass is 241 g/mol. The van der Waals surface area contributed by atoms with Crippen molar-refractivity contribution in [1.29, 1.82) is 0 Å². The summed E-state index contributed by atoms with van der Waals surface area (Å²) >= 11 is 0. The van der Waals surface area contributed by atoms with Crippen LogP contribution >= 0.6 is 0 Å². The van der Waals surface area contributed by atoms with Crippen LogP contribution in [0.25, 0.3) is 0 Å². The Hall–Kier alpha value is -2.36. The second-order valence-electron chi connectivity index (χ2n) is 4.07. The van der Waals surface area contributed by atoms with Gasteiger partial charge in [-0.25, -0.2) is 0 Å². The summed E-state index contributed by atoms with van der Waals surface area (Å²) < 4.78 is 0. The summed E-state index contributed by atoms with van der Waals surface area (Å²) in [5, 5.41) is 2.89. The number of anilines is 1. The molecule has 2 rings (SSSR count). The zero-order chi connectivity index (χ0) is 13.0. The molecule has 1 aromatic carbocycles. The van der Waals surface area contributed by atoms with Gasteiger partial charge in [-0.05, 0) is 43.3 Å². The number of rotatable bonds is 3. The van der Waals surface area contributed by atoms with Crippen LogP contribution in [-0.2, 0) is 0 Å². The molecule has 18 heavy (non-hydrogen) atoms. The van der Waals surface area contributed by atoms with Crippen LogP contribution in [0.4, 0.5) is 5.69 Å². The molecule has 1 amide bonds. The maximum Gasteiger partial charge on any atom is 0.251 e. The smallest absolute Gasteiger partial charge is 0.251 e. The van der Waals surface area contributed by atoms with Crippen LogP contribution in [0.2, 0.25) is 0 Å². The van der Waals surface area contributed by atoms with Gasteiger partial charge in [-0.15, -0.1) is 0 Å². The maximum atomic E-state index is 12.0. The summed E-state index contributed by atoms with van der Waals surface area (Å²) in [6, 6.07) is 12.3. The third-order valence-electron chi connectivity index (χ3n) is 2.65. The standard InChI is InChI=1S/C14H15N3O/c1-10(13-4-2-3-9-16-13)17-14(18)11-5-7-12(15)8-6-11/h2-10H,15H2,1H3,(H,17,18)/t10-/m0/s1. The van der Waals surface area contributed by atoms with E-state index in [0.717, 1.165) is 5.69 Å². The molecule has 3 N–H and O–H groups in total. The molecule has 0 unspecified atom stereocenters. The van der Waals surface area contributed by atoms with E-state index in [1.54, 1.807) is 30.5 Å². The number of benzene rings is 1. The predicted molar refractivity (Wildman–Crippen MR) is 71.0 cm³/mol. The number of pyridine rings is 1. The first-order valence-corrected chi connectivity index (χ1v) is 5.74. The molecule has 0 aliphatic carbocycles. The Morgan fingerprint density at radius 2 is 1.94 bits per heavy atom. The van der Waals surface area contributed by atoms with Crippen molar-refractivity contribution in [2.24, 2.45) is 0 Å². The highest BCUT2D eigenvalue weighted by Crippen LogP contribution is 2.10. The average molecular weight is 241 g/mol. The molecular formula is C14H15N3O. The van der Waals surface area contributed by atoms with Crippen molar-refractivity contribution < 1.29 is 4.79 Å². The number of amides is 1. The molecule has 2 aromatic rings. The molecule has 92 valence electrons. The predicted octanol–water partition coefficient (Wildman–Crippen LogP) is 2.15. The van der Waals surface area contributed by atoms with Crippen LogP contribution in [0.1, 0.15) is 29.0 Å². The Balaban J connectivity index is 2.06. The molecule has 1 aromatic heterocycles. The van der Waals surface area contributed by atoms with E-state index in [9.17, 15) is 4.79 Å². The highest BCUT2D eigenvalue weighted by Gasteiger charge is 2.11. The third-order valence-corrected chi connectivity index (χ3v) is 2.65. The molecule has 1 heterocycles. The van der Waals surface area contributed by atoms with Crippen molar-refractivity contribution in [3.05, 3.63) is 59.9 Å². The van der Waals surface area contributed by atoms with Crippen molar-refractivity contribution in [1.82, 2.24) is 10.3 Å². The lowest BCUT2D eigenvalue weighted by Gasteiger charge is -2.13. The van der Waals surface area contributed by atoms with Crippen molar-refractivity contribution >= 4 is 11.6 Å². The first kappa shape index (κ1) is 12.1. The fraction of sp³-hybridized carbons (Fsp3) is 0.143. The van der Waals surface area contributed by atoms with Gasteiger partial charge in [0.2, 0.25) is 0 Å². The first-order chi connectivity index (χ1) is 8.66. The van der Waals surface area contributed by atoms with E-state index in [0.29, 0.717) is 11.3 Å². The molecule has 0 bridgehead atoms. The van der Waals surface area contributed by atoms with Crippen molar-refractivity contribution in [3.8, 4) is 0 Å². The van der Waals surface area contributed by atoms with E-state index in [-0.39, 0.29) is 11.9 Å². The fourth-order valence-corrected chi connectivity index (χ4v) is 1.62. The highest BCUT2D eigenvalue weighted by molar-refractivity contribution is 5.94. The normalized spacial score (nSPS) is 11.8. The number of carbonyl (C=O) groups excluding carboxylic acids is 1. The number of nitrogen functional groups attached to an aromatic ring is 1. The van der Waals surface area contributed by atoms with Crippen LogP contribution in [0.3, 0.4) is 0 Å². The maximum absolute atomic E-state index is 12.0. The lowest BCUT2D eigenvalue weighted by atomic mass is 10.1. The molecule has 0 saturated carbocycles. The van der Waals surface area contributed by atoms with Crippen LogP contribution in [-0.4, -0.2) is 10.9 Å². The Kier molecular flexibility index (Phi) is 3.57. The fourth-order valence-electron chi connectivity index (χ4n) is 1.62. The Bertz CT molecular complexity index is 522. The molecule has 0 spiro atoms. The van der Waals surface area contributed by atoms with Crippen LogP contribution < -0.4 is 11.1 Å². The zero-order valence-electron chi connectivity index (χ0n) is 10.1. The molecule has 1 atom stereocenters. The average Bonchev–Trinajstić information content (AvgIpc) is 2.40. The lowest BCUT2D eigenvalue weighted by molar-refractivity contribution is 0.0939. The van der Waals surface area contributed by atoms with Gasteiger partial charge in [0.1, 0.15) is 0 Å². The van der Waals surface area contributed by atoms with Gasteiger partial charge in [-0.1, -0.05) is 6.07 Å². The summed E-state index contributed by atoms with van der Waals surface area (Å²) in [6.07, 6.45) is 1.71. The number of carbonyl (C=O) groups is 1. The second-order valence-corrected chi connectivity index (χ2v) is 4.07. The topological polar surface area (TPSA) is 68.0 Å². The number of hydrogen-bond donors (Lipinski definition) is 2. The number of nitrogens with one attached hydrogen (secondary N) is 1. The van der Waals surface area contributed by atoms with Gasteiger partial charge in [0.05, 0.1) is 11.7 Å². The Morgan fingerprint density at radius 3 is 2.56 bits per heavy atom. The third kappa shape index (κ3) is 2.85. The number of hydrogen-bond acceptors (Lipinski definition) is 3. The van der Waals surface area contributed by atoms with Crippen molar-refractivity contribution in [3.63, 3.8) is 0 Å². The van der Waals surface area contributed by atoms with Gasteiger partial charge in [-0.2, -0.15) is 0 Å². The molecule has 0 radical (unpaired) electrons. The summed E-state index contributed by atoms with van der Waals surface area (Å²) in [4.78, 5) is 16.2. The minimum Gasteiger partial charge on any atom is -0.399 e. The lowest BCUT2D eigenvalue weighted by Crippen LogP contribution is -2.27. The molecular weight excluding hydrogens is 226 g/mol. The SMILES string of the molecule is C[C@H](NC(=O)c1ccc(N)cc1)c1ccccn1. The minimum atomic E-state index is -0.131. The molecule has 0 aliphatic rings. The van der Waals surface area contributed by atoms with Crippen LogP contribution in [0.15, 0.2) is 48.7 Å². The van der Waals surface area contributed by atoms with Gasteiger partial charge in [0.25, 0.3) is 5.91 Å². The summed E-state index contributed by atoms with van der Waals surface area (Å²) in [6.45, 7) is 1.90. The van der Waals surface area contributed by atoms with E-state index in [1.165, 1.54) is 0 Å². The Labute approximate surface area is 106 Å². The van der Waals surface area contributed by atoms with Gasteiger partial charge >= 0.3 is 0 Å². The van der Waals surface area contributed by atoms with E-state index >= 15 is 0 Å². The quantitative estimate of drug-likeness (QED) is 0.809. The van der Waals surface area contributed by atoms with Gasteiger partial charge in [0.15, 0.2) is 0 Å². The van der Waals surface area contributed by atoms with E-state index < -0.39 is 0 Å². The molecule has 0 aliphatic heterocycles. The summed E-state index contributed by atoms with van der Waals surface area (Å²) in [7, 11) is 0. The molecule has 4 heteroatoms. The van der Waals surface area contributed by atoms with Crippen molar-refractivity contribution in [2.45, 2.75) is 13.0 Å². The highest BCUT2D eigenvalue weighted by atomic mass is 16.1. The number of aromatic nitrogens is 1. The first-order valence-electron chi connectivity index (χ1n) is 5.74. The molecule has 4 nitrogen and oxygen atoms in total. The van der Waals surface area contributed by atoms with Gasteiger partial charge in [-0.3, -0.25) is 9.78 Å². The molecule has 0 fully saturated rings.